The van der Waals surface area contributed by atoms with Gasteiger partial charge in [0, 0.05) is 23.9 Å². The Balaban J connectivity index is 2.27. The van der Waals surface area contributed by atoms with Crippen LogP contribution < -0.4 is 4.87 Å². The average Bonchev–Trinajstić information content (AvgIpc) is 2.71. The third kappa shape index (κ3) is 3.29. The first kappa shape index (κ1) is 13.5. The van der Waals surface area contributed by atoms with E-state index in [2.05, 4.69) is 0 Å². The molecule has 19 heavy (non-hydrogen) atoms. The minimum absolute atomic E-state index is 0.00484. The highest BCUT2D eigenvalue weighted by Gasteiger charge is 2.10. The van der Waals surface area contributed by atoms with Crippen LogP contribution >= 0.6 is 11.3 Å². The number of aliphatic carboxylic acids is 1. The highest BCUT2D eigenvalue weighted by molar-refractivity contribution is 7.07. The Labute approximate surface area is 112 Å². The Hall–Kier alpha value is -1.95. The molecule has 1 N–H and O–H groups in total. The molecule has 6 heteroatoms. The van der Waals surface area contributed by atoms with Crippen LogP contribution in [-0.2, 0) is 11.3 Å². The molecule has 0 aliphatic heterocycles. The minimum Gasteiger partial charge on any atom is -0.481 e. The maximum absolute atomic E-state index is 13.2. The van der Waals surface area contributed by atoms with Crippen LogP contribution in [0.15, 0.2) is 34.4 Å². The summed E-state index contributed by atoms with van der Waals surface area (Å²) in [5.74, 6) is -1.26. The number of nitrogens with zero attached hydrogens (tertiary/aromatic N) is 1. The van der Waals surface area contributed by atoms with Gasteiger partial charge >= 0.3 is 10.8 Å². The quantitative estimate of drug-likeness (QED) is 0.916. The number of carboxylic acid groups (broad SMARTS) is 1. The van der Waals surface area contributed by atoms with E-state index in [0.717, 1.165) is 11.3 Å². The molecule has 0 radical (unpaired) electrons. The summed E-state index contributed by atoms with van der Waals surface area (Å²) in [6, 6.07) is 5.99. The molecule has 2 aromatic rings. The number of halogens is 1. The van der Waals surface area contributed by atoms with Gasteiger partial charge in [0.05, 0.1) is 5.69 Å². The molecule has 1 aromatic heterocycles. The molecule has 0 aliphatic rings. The van der Waals surface area contributed by atoms with Gasteiger partial charge in [-0.15, -0.1) is 0 Å². The van der Waals surface area contributed by atoms with Crippen molar-refractivity contribution >= 4 is 17.3 Å². The minimum atomic E-state index is -0.893. The van der Waals surface area contributed by atoms with Crippen LogP contribution in [0.3, 0.4) is 0 Å². The van der Waals surface area contributed by atoms with Crippen LogP contribution in [0.2, 0.25) is 0 Å². The maximum atomic E-state index is 13.2. The second kappa shape index (κ2) is 5.79. The van der Waals surface area contributed by atoms with E-state index < -0.39 is 5.97 Å². The van der Waals surface area contributed by atoms with E-state index in [1.165, 1.54) is 16.7 Å². The lowest BCUT2D eigenvalue weighted by atomic mass is 10.1. The molecule has 0 aliphatic carbocycles. The van der Waals surface area contributed by atoms with E-state index in [9.17, 15) is 14.0 Å². The van der Waals surface area contributed by atoms with E-state index in [1.807, 2.05) is 0 Å². The molecule has 4 nitrogen and oxygen atoms in total. The van der Waals surface area contributed by atoms with Gasteiger partial charge in [0.25, 0.3) is 0 Å². The van der Waals surface area contributed by atoms with Crippen LogP contribution in [0.25, 0.3) is 11.3 Å². The molecule has 1 aromatic carbocycles. The first-order valence-corrected chi connectivity index (χ1v) is 6.62. The van der Waals surface area contributed by atoms with Crippen molar-refractivity contribution in [3.05, 3.63) is 45.1 Å². The standard InChI is InChI=1S/C13H12FNO3S/c14-10-4-1-3-9(7-10)11-8-19-13(18)15(11)6-2-5-12(16)17/h1,3-4,7-8H,2,5-6H2,(H,16,17). The van der Waals surface area contributed by atoms with Crippen molar-refractivity contribution in [2.75, 3.05) is 0 Å². The molecular weight excluding hydrogens is 269 g/mol. The molecule has 0 unspecified atom stereocenters. The lowest BCUT2D eigenvalue weighted by molar-refractivity contribution is -0.137. The predicted octanol–water partition coefficient (Wildman–Crippen LogP) is 2.58. The van der Waals surface area contributed by atoms with Gasteiger partial charge in [-0.1, -0.05) is 23.5 Å². The smallest absolute Gasteiger partial charge is 0.307 e. The van der Waals surface area contributed by atoms with Gasteiger partial charge in [-0.3, -0.25) is 14.2 Å². The van der Waals surface area contributed by atoms with Crippen molar-refractivity contribution in [1.82, 2.24) is 4.57 Å². The molecule has 0 spiro atoms. The van der Waals surface area contributed by atoms with Crippen LogP contribution in [0.1, 0.15) is 12.8 Å². The second-order valence-corrected chi connectivity index (χ2v) is 4.87. The summed E-state index contributed by atoms with van der Waals surface area (Å²) < 4.78 is 14.7. The monoisotopic (exact) mass is 281 g/mol. The van der Waals surface area contributed by atoms with Crippen LogP contribution in [0, 0.1) is 5.82 Å². The van der Waals surface area contributed by atoms with Gasteiger partial charge in [-0.2, -0.15) is 0 Å². The Morgan fingerprint density at radius 2 is 2.21 bits per heavy atom. The zero-order chi connectivity index (χ0) is 13.8. The first-order valence-electron chi connectivity index (χ1n) is 5.74. The fourth-order valence-electron chi connectivity index (χ4n) is 1.80. The fraction of sp³-hybridized carbons (Fsp3) is 0.231. The highest BCUT2D eigenvalue weighted by atomic mass is 32.1. The molecule has 0 fully saturated rings. The van der Waals surface area contributed by atoms with E-state index in [1.54, 1.807) is 17.5 Å². The second-order valence-electron chi connectivity index (χ2n) is 4.05. The van der Waals surface area contributed by atoms with Gasteiger partial charge in [-0.25, -0.2) is 4.39 Å². The Kier molecular flexibility index (Phi) is 4.11. The lowest BCUT2D eigenvalue weighted by Gasteiger charge is -2.07. The van der Waals surface area contributed by atoms with Crippen molar-refractivity contribution in [3.63, 3.8) is 0 Å². The van der Waals surface area contributed by atoms with Crippen LogP contribution in [-0.4, -0.2) is 15.6 Å². The summed E-state index contributed by atoms with van der Waals surface area (Å²) >= 11 is 1.03. The lowest BCUT2D eigenvalue weighted by Crippen LogP contribution is -2.15. The van der Waals surface area contributed by atoms with Gasteiger partial charge < -0.3 is 5.11 Å². The zero-order valence-corrected chi connectivity index (χ0v) is 10.8. The maximum Gasteiger partial charge on any atom is 0.307 e. The largest absolute Gasteiger partial charge is 0.481 e. The number of carbonyl (C=O) groups is 1. The summed E-state index contributed by atoms with van der Waals surface area (Å²) in [4.78, 5) is 22.0. The molecule has 0 saturated heterocycles. The van der Waals surface area contributed by atoms with E-state index in [4.69, 9.17) is 5.11 Å². The molecular formula is C13H12FNO3S. The predicted molar refractivity (Wildman–Crippen MR) is 70.8 cm³/mol. The number of rotatable bonds is 5. The normalized spacial score (nSPS) is 10.6. The topological polar surface area (TPSA) is 59.3 Å². The first-order chi connectivity index (χ1) is 9.08. The van der Waals surface area contributed by atoms with Crippen molar-refractivity contribution in [2.45, 2.75) is 19.4 Å². The van der Waals surface area contributed by atoms with E-state index in [0.29, 0.717) is 24.2 Å². The summed E-state index contributed by atoms with van der Waals surface area (Å²) in [6.07, 6.45) is 0.374. The van der Waals surface area contributed by atoms with Crippen LogP contribution in [0.4, 0.5) is 4.39 Å². The summed E-state index contributed by atoms with van der Waals surface area (Å²) in [7, 11) is 0. The fourth-order valence-corrected chi connectivity index (χ4v) is 2.60. The zero-order valence-electron chi connectivity index (χ0n) is 10.0. The number of carboxylic acids is 1. The Morgan fingerprint density at radius 1 is 1.42 bits per heavy atom. The van der Waals surface area contributed by atoms with Gasteiger partial charge in [-0.05, 0) is 18.6 Å². The van der Waals surface area contributed by atoms with E-state index >= 15 is 0 Å². The number of hydrogen-bond donors (Lipinski definition) is 1. The summed E-state index contributed by atoms with van der Waals surface area (Å²) in [6.45, 7) is 0.320. The number of hydrogen-bond acceptors (Lipinski definition) is 3. The average molecular weight is 281 g/mol. The number of thiazole rings is 1. The molecule has 0 bridgehead atoms. The van der Waals surface area contributed by atoms with E-state index in [-0.39, 0.29) is 17.1 Å². The van der Waals surface area contributed by atoms with Gasteiger partial charge in [0.2, 0.25) is 0 Å². The van der Waals surface area contributed by atoms with Crippen molar-refractivity contribution in [1.29, 1.82) is 0 Å². The molecule has 0 saturated carbocycles. The van der Waals surface area contributed by atoms with Crippen molar-refractivity contribution in [2.24, 2.45) is 0 Å². The highest BCUT2D eigenvalue weighted by Crippen LogP contribution is 2.21. The van der Waals surface area contributed by atoms with Crippen molar-refractivity contribution < 1.29 is 14.3 Å². The van der Waals surface area contributed by atoms with Gasteiger partial charge in [0.15, 0.2) is 0 Å². The summed E-state index contributed by atoms with van der Waals surface area (Å²) in [5, 5.41) is 10.3. The Morgan fingerprint density at radius 3 is 2.89 bits per heavy atom. The molecule has 0 atom stereocenters. The Bertz CT molecular complexity index is 647. The summed E-state index contributed by atoms with van der Waals surface area (Å²) in [5.41, 5.74) is 1.24. The molecule has 1 heterocycles. The third-order valence-corrected chi connectivity index (χ3v) is 3.44. The third-order valence-electron chi connectivity index (χ3n) is 2.68. The molecule has 2 rings (SSSR count). The van der Waals surface area contributed by atoms with Crippen molar-refractivity contribution in [3.8, 4) is 11.3 Å². The van der Waals surface area contributed by atoms with Gasteiger partial charge in [0.1, 0.15) is 5.82 Å². The molecule has 0 amide bonds. The SMILES string of the molecule is O=C(O)CCCn1c(-c2cccc(F)c2)csc1=O. The van der Waals surface area contributed by atoms with Crippen LogP contribution in [0.5, 0.6) is 0 Å². The number of aromatic nitrogens is 1. The molecule has 100 valence electrons. The number of benzene rings is 1.